The fraction of sp³-hybridized carbons (Fsp3) is 0.294. The molecule has 4 nitrogen and oxygen atoms in total. The minimum atomic E-state index is -0.803. The molecule has 21 heavy (non-hydrogen) atoms. The van der Waals surface area contributed by atoms with Crippen molar-refractivity contribution in [3.8, 4) is 0 Å². The zero-order valence-corrected chi connectivity index (χ0v) is 12.2. The maximum Gasteiger partial charge on any atom is 0.210 e. The predicted octanol–water partition coefficient (Wildman–Crippen LogP) is 2.57. The van der Waals surface area contributed by atoms with E-state index in [1.807, 2.05) is 36.4 Å². The molecule has 1 fully saturated rings. The Balaban J connectivity index is 2.01. The zero-order valence-electron chi connectivity index (χ0n) is 12.2. The molecule has 1 aliphatic heterocycles. The molecule has 0 aliphatic carbocycles. The monoisotopic (exact) mass is 284 g/mol. The van der Waals surface area contributed by atoms with Crippen LogP contribution in [0.1, 0.15) is 23.2 Å². The van der Waals surface area contributed by atoms with Crippen LogP contribution in [0.2, 0.25) is 0 Å². The highest BCUT2D eigenvalue weighted by molar-refractivity contribution is 5.29. The summed E-state index contributed by atoms with van der Waals surface area (Å²) >= 11 is 0. The van der Waals surface area contributed by atoms with Crippen LogP contribution in [-0.4, -0.2) is 20.0 Å². The van der Waals surface area contributed by atoms with Gasteiger partial charge in [0.05, 0.1) is 0 Å². The molecule has 0 saturated carbocycles. The van der Waals surface area contributed by atoms with E-state index in [1.54, 1.807) is 14.2 Å². The summed E-state index contributed by atoms with van der Waals surface area (Å²) in [7, 11) is 3.37. The molecular weight excluding hydrogens is 264 g/mol. The van der Waals surface area contributed by atoms with Gasteiger partial charge in [-0.15, -0.1) is 0 Å². The lowest BCUT2D eigenvalue weighted by Gasteiger charge is -2.36. The van der Waals surface area contributed by atoms with Crippen molar-refractivity contribution in [1.82, 2.24) is 10.9 Å². The average molecular weight is 284 g/mol. The predicted molar refractivity (Wildman–Crippen MR) is 81.4 cm³/mol. The molecule has 1 saturated heterocycles. The summed E-state index contributed by atoms with van der Waals surface area (Å²) in [5.74, 6) is -0.803. The van der Waals surface area contributed by atoms with Crippen molar-refractivity contribution in [3.05, 3.63) is 71.8 Å². The summed E-state index contributed by atoms with van der Waals surface area (Å²) < 4.78 is 11.7. The summed E-state index contributed by atoms with van der Waals surface area (Å²) in [5, 5.41) is 0. The van der Waals surface area contributed by atoms with Crippen molar-refractivity contribution in [3.63, 3.8) is 0 Å². The first-order valence-electron chi connectivity index (χ1n) is 7.03. The molecule has 110 valence electrons. The van der Waals surface area contributed by atoms with Crippen LogP contribution in [0.3, 0.4) is 0 Å². The van der Waals surface area contributed by atoms with E-state index < -0.39 is 5.79 Å². The number of rotatable bonds is 4. The van der Waals surface area contributed by atoms with E-state index in [0.717, 1.165) is 11.1 Å². The van der Waals surface area contributed by atoms with Crippen LogP contribution >= 0.6 is 0 Å². The Bertz CT molecular complexity index is 520. The molecular formula is C17H20N2O2. The third kappa shape index (κ3) is 2.36. The van der Waals surface area contributed by atoms with Crippen LogP contribution in [0.25, 0.3) is 0 Å². The van der Waals surface area contributed by atoms with Gasteiger partial charge in [0, 0.05) is 14.2 Å². The van der Waals surface area contributed by atoms with Gasteiger partial charge in [-0.1, -0.05) is 60.7 Å². The highest BCUT2D eigenvalue weighted by Gasteiger charge is 2.53. The molecule has 1 heterocycles. The number of methoxy groups -OCH3 is 2. The summed E-state index contributed by atoms with van der Waals surface area (Å²) in [6.45, 7) is 0. The van der Waals surface area contributed by atoms with Crippen LogP contribution in [-0.2, 0) is 9.47 Å². The molecule has 4 heteroatoms. The van der Waals surface area contributed by atoms with Crippen molar-refractivity contribution in [2.45, 2.75) is 17.9 Å². The lowest BCUT2D eigenvalue weighted by molar-refractivity contribution is -0.224. The maximum atomic E-state index is 5.83. The van der Waals surface area contributed by atoms with Gasteiger partial charge < -0.3 is 9.47 Å². The van der Waals surface area contributed by atoms with E-state index in [0.29, 0.717) is 0 Å². The minimum Gasteiger partial charge on any atom is -0.350 e. The maximum absolute atomic E-state index is 5.83. The Kier molecular flexibility index (Phi) is 4.03. The van der Waals surface area contributed by atoms with Gasteiger partial charge in [0.2, 0.25) is 5.79 Å². The third-order valence-corrected chi connectivity index (χ3v) is 4.08. The molecule has 2 aromatic carbocycles. The number of hydrogen-bond acceptors (Lipinski definition) is 4. The smallest absolute Gasteiger partial charge is 0.210 e. The average Bonchev–Trinajstić information content (AvgIpc) is 2.96. The van der Waals surface area contributed by atoms with E-state index in [4.69, 9.17) is 9.47 Å². The van der Waals surface area contributed by atoms with Gasteiger partial charge in [-0.05, 0) is 11.1 Å². The number of nitrogens with one attached hydrogen (secondary N) is 2. The molecule has 0 spiro atoms. The van der Waals surface area contributed by atoms with Crippen LogP contribution < -0.4 is 10.9 Å². The van der Waals surface area contributed by atoms with Gasteiger partial charge in [0.25, 0.3) is 0 Å². The molecule has 0 radical (unpaired) electrons. The van der Waals surface area contributed by atoms with Gasteiger partial charge in [0.1, 0.15) is 12.1 Å². The number of ether oxygens (including phenoxy) is 2. The van der Waals surface area contributed by atoms with Crippen molar-refractivity contribution < 1.29 is 9.47 Å². The topological polar surface area (TPSA) is 42.5 Å². The fourth-order valence-electron chi connectivity index (χ4n) is 3.01. The van der Waals surface area contributed by atoms with E-state index in [9.17, 15) is 0 Å². The summed E-state index contributed by atoms with van der Waals surface area (Å²) in [6.07, 6.45) is 0. The van der Waals surface area contributed by atoms with E-state index >= 15 is 0 Å². The molecule has 2 atom stereocenters. The molecule has 2 aromatic rings. The molecule has 0 amide bonds. The van der Waals surface area contributed by atoms with Crippen LogP contribution in [0.4, 0.5) is 0 Å². The highest BCUT2D eigenvalue weighted by Crippen LogP contribution is 2.43. The first kappa shape index (κ1) is 14.2. The molecule has 0 aromatic heterocycles. The van der Waals surface area contributed by atoms with Crippen LogP contribution in [0, 0.1) is 0 Å². The van der Waals surface area contributed by atoms with Crippen molar-refractivity contribution in [1.29, 1.82) is 0 Å². The third-order valence-electron chi connectivity index (χ3n) is 4.08. The van der Waals surface area contributed by atoms with Crippen molar-refractivity contribution >= 4 is 0 Å². The second kappa shape index (κ2) is 5.95. The minimum absolute atomic E-state index is 0.0982. The van der Waals surface area contributed by atoms with Gasteiger partial charge >= 0.3 is 0 Å². The first-order valence-corrected chi connectivity index (χ1v) is 7.03. The number of benzene rings is 2. The second-order valence-corrected chi connectivity index (χ2v) is 5.11. The molecule has 2 N–H and O–H groups in total. The standard InChI is InChI=1S/C17H20N2O2/c1-20-17(21-2)15(13-9-5-3-6-10-13)18-19-16(17)14-11-7-4-8-12-14/h3-12,15-16,18-19H,1-2H3. The Hall–Kier alpha value is -1.72. The van der Waals surface area contributed by atoms with Gasteiger partial charge in [-0.3, -0.25) is 0 Å². The Morgan fingerprint density at radius 1 is 0.714 bits per heavy atom. The highest BCUT2D eigenvalue weighted by atomic mass is 16.7. The second-order valence-electron chi connectivity index (χ2n) is 5.11. The lowest BCUT2D eigenvalue weighted by Crippen LogP contribution is -2.43. The first-order chi connectivity index (χ1) is 10.3. The summed E-state index contributed by atoms with van der Waals surface area (Å²) in [4.78, 5) is 0. The van der Waals surface area contributed by atoms with Gasteiger partial charge in [-0.2, -0.15) is 0 Å². The lowest BCUT2D eigenvalue weighted by atomic mass is 9.91. The zero-order chi connectivity index (χ0) is 14.7. The quantitative estimate of drug-likeness (QED) is 0.847. The molecule has 1 aliphatic rings. The SMILES string of the molecule is COC1(OC)C(c2ccccc2)NNC1c1ccccc1. The molecule has 0 bridgehead atoms. The Labute approximate surface area is 125 Å². The Morgan fingerprint density at radius 2 is 1.10 bits per heavy atom. The van der Waals surface area contributed by atoms with E-state index in [2.05, 4.69) is 35.1 Å². The number of hydrazine groups is 1. The van der Waals surface area contributed by atoms with E-state index in [1.165, 1.54) is 0 Å². The summed E-state index contributed by atoms with van der Waals surface area (Å²) in [5.41, 5.74) is 8.86. The molecule has 3 rings (SSSR count). The van der Waals surface area contributed by atoms with Crippen molar-refractivity contribution in [2.24, 2.45) is 0 Å². The normalized spacial score (nSPS) is 24.1. The van der Waals surface area contributed by atoms with Crippen molar-refractivity contribution in [2.75, 3.05) is 14.2 Å². The van der Waals surface area contributed by atoms with Gasteiger partial charge in [0.15, 0.2) is 0 Å². The van der Waals surface area contributed by atoms with Gasteiger partial charge in [-0.25, -0.2) is 10.9 Å². The Morgan fingerprint density at radius 3 is 1.43 bits per heavy atom. The number of hydrogen-bond donors (Lipinski definition) is 2. The van der Waals surface area contributed by atoms with Crippen LogP contribution in [0.15, 0.2) is 60.7 Å². The van der Waals surface area contributed by atoms with Crippen LogP contribution in [0.5, 0.6) is 0 Å². The molecule has 2 unspecified atom stereocenters. The fourth-order valence-corrected chi connectivity index (χ4v) is 3.01. The summed E-state index contributed by atoms with van der Waals surface area (Å²) in [6, 6.07) is 20.2. The largest absolute Gasteiger partial charge is 0.350 e. The van der Waals surface area contributed by atoms with E-state index in [-0.39, 0.29) is 12.1 Å².